The molecule has 0 aliphatic carbocycles. The van der Waals surface area contributed by atoms with Crippen LogP contribution in [0.5, 0.6) is 11.5 Å². The van der Waals surface area contributed by atoms with Gasteiger partial charge in [0.1, 0.15) is 0 Å². The first-order chi connectivity index (χ1) is 17.5. The van der Waals surface area contributed by atoms with Crippen molar-refractivity contribution in [3.05, 3.63) is 22.5 Å². The van der Waals surface area contributed by atoms with E-state index < -0.39 is 17.7 Å². The Kier molecular flexibility index (Phi) is 18.2. The summed E-state index contributed by atoms with van der Waals surface area (Å²) in [5.74, 6) is -1.50. The van der Waals surface area contributed by atoms with Crippen molar-refractivity contribution in [2.45, 2.75) is 156 Å². The molecule has 0 heterocycles. The zero-order valence-corrected chi connectivity index (χ0v) is 23.4. The smallest absolute Gasteiger partial charge is 0.504 e. The number of carbonyl (C=O) groups is 1. The van der Waals surface area contributed by atoms with E-state index in [1.54, 1.807) is 0 Å². The maximum Gasteiger partial charge on any atom is 0.511 e. The number of aromatic hydroxyl groups is 1. The van der Waals surface area contributed by atoms with Crippen molar-refractivity contribution >= 4 is 6.16 Å². The van der Waals surface area contributed by atoms with Gasteiger partial charge in [0, 0.05) is 5.56 Å². The summed E-state index contributed by atoms with van der Waals surface area (Å²) in [7, 11) is 0. The molecule has 0 aliphatic rings. The van der Waals surface area contributed by atoms with Crippen LogP contribution in [0.3, 0.4) is 0 Å². The number of ether oxygens (including phenoxy) is 1. The summed E-state index contributed by atoms with van der Waals surface area (Å²) in [6, 6.07) is 0. The summed E-state index contributed by atoms with van der Waals surface area (Å²) < 4.78 is 20.4. The van der Waals surface area contributed by atoms with Gasteiger partial charge in [0.15, 0.2) is 11.6 Å². The first-order valence-electron chi connectivity index (χ1n) is 14.9. The number of unbranched alkanes of at least 4 members (excludes halogenated alkanes) is 15. The topological polar surface area (TPSA) is 66.8 Å². The highest BCUT2D eigenvalue weighted by atomic mass is 19.1. The maximum absolute atomic E-state index is 15.6. The van der Waals surface area contributed by atoms with Gasteiger partial charge >= 0.3 is 6.16 Å². The highest BCUT2D eigenvalue weighted by Crippen LogP contribution is 2.41. The Morgan fingerprint density at radius 2 is 0.972 bits per heavy atom. The van der Waals surface area contributed by atoms with Crippen LogP contribution in [-0.4, -0.2) is 16.4 Å². The fraction of sp³-hybridized carbons (Fsp3) is 0.774. The molecule has 5 heteroatoms. The number of carboxylic acid groups (broad SMARTS) is 1. The number of hydrogen-bond acceptors (Lipinski definition) is 3. The van der Waals surface area contributed by atoms with Crippen molar-refractivity contribution in [2.75, 3.05) is 0 Å². The van der Waals surface area contributed by atoms with Crippen LogP contribution in [0, 0.1) is 5.82 Å². The standard InChI is InChI=1S/C31H53FO4/c1-4-7-10-13-16-19-22-25-26(23-20-17-14-11-8-5-2)28(32)30(36-31(34)35)29(33)27(25)24-21-18-15-12-9-6-3/h33H,4-24H2,1-3H3,(H,34,35). The third kappa shape index (κ3) is 12.5. The second kappa shape index (κ2) is 20.3. The van der Waals surface area contributed by atoms with Crippen molar-refractivity contribution in [3.63, 3.8) is 0 Å². The molecule has 0 radical (unpaired) electrons. The molecular weight excluding hydrogens is 455 g/mol. The molecule has 2 N–H and O–H groups in total. The van der Waals surface area contributed by atoms with Gasteiger partial charge in [0.25, 0.3) is 0 Å². The Bertz CT molecular complexity index is 689. The van der Waals surface area contributed by atoms with Crippen LogP contribution in [0.2, 0.25) is 0 Å². The summed E-state index contributed by atoms with van der Waals surface area (Å²) in [5, 5.41) is 20.2. The van der Waals surface area contributed by atoms with Crippen LogP contribution in [0.15, 0.2) is 0 Å². The molecule has 0 fully saturated rings. The molecule has 0 unspecified atom stereocenters. The van der Waals surface area contributed by atoms with Crippen LogP contribution in [-0.2, 0) is 19.3 Å². The molecule has 36 heavy (non-hydrogen) atoms. The molecule has 0 spiro atoms. The molecule has 1 aromatic carbocycles. The fourth-order valence-electron chi connectivity index (χ4n) is 5.09. The molecule has 0 atom stereocenters. The van der Waals surface area contributed by atoms with E-state index in [1.165, 1.54) is 64.2 Å². The van der Waals surface area contributed by atoms with E-state index >= 15 is 4.39 Å². The van der Waals surface area contributed by atoms with Crippen LogP contribution in [0.4, 0.5) is 9.18 Å². The van der Waals surface area contributed by atoms with Crippen molar-refractivity contribution in [1.82, 2.24) is 0 Å². The largest absolute Gasteiger partial charge is 0.511 e. The molecule has 4 nitrogen and oxygen atoms in total. The third-order valence-corrected chi connectivity index (χ3v) is 7.22. The van der Waals surface area contributed by atoms with Crippen molar-refractivity contribution in [3.8, 4) is 11.5 Å². The Labute approximate surface area is 220 Å². The maximum atomic E-state index is 15.6. The van der Waals surface area contributed by atoms with Gasteiger partial charge < -0.3 is 14.9 Å². The van der Waals surface area contributed by atoms with Crippen molar-refractivity contribution < 1.29 is 24.1 Å². The van der Waals surface area contributed by atoms with Gasteiger partial charge in [-0.15, -0.1) is 0 Å². The normalized spacial score (nSPS) is 11.2. The van der Waals surface area contributed by atoms with Crippen molar-refractivity contribution in [1.29, 1.82) is 0 Å². The van der Waals surface area contributed by atoms with E-state index in [2.05, 4.69) is 20.8 Å². The minimum atomic E-state index is -1.59. The molecule has 1 rings (SSSR count). The van der Waals surface area contributed by atoms with Gasteiger partial charge in [-0.2, -0.15) is 0 Å². The lowest BCUT2D eigenvalue weighted by Gasteiger charge is -2.20. The molecule has 0 aliphatic heterocycles. The number of phenolic OH excluding ortho intramolecular Hbond substituents is 1. The van der Waals surface area contributed by atoms with Gasteiger partial charge in [-0.25, -0.2) is 9.18 Å². The molecule has 0 aromatic heterocycles. The molecule has 1 aromatic rings. The highest BCUT2D eigenvalue weighted by Gasteiger charge is 2.26. The lowest BCUT2D eigenvalue weighted by molar-refractivity contribution is 0.140. The summed E-state index contributed by atoms with van der Waals surface area (Å²) in [4.78, 5) is 11.3. The molecular formula is C31H53FO4. The van der Waals surface area contributed by atoms with E-state index in [4.69, 9.17) is 4.74 Å². The van der Waals surface area contributed by atoms with Crippen LogP contribution < -0.4 is 4.74 Å². The number of rotatable bonds is 22. The van der Waals surface area contributed by atoms with E-state index in [9.17, 15) is 15.0 Å². The van der Waals surface area contributed by atoms with Gasteiger partial charge in [-0.05, 0) is 49.7 Å². The predicted molar refractivity (Wildman–Crippen MR) is 148 cm³/mol. The van der Waals surface area contributed by atoms with Crippen LogP contribution >= 0.6 is 0 Å². The van der Waals surface area contributed by atoms with Gasteiger partial charge in [0.05, 0.1) is 0 Å². The number of hydrogen-bond donors (Lipinski definition) is 2. The van der Waals surface area contributed by atoms with E-state index in [1.807, 2.05) is 0 Å². The summed E-state index contributed by atoms with van der Waals surface area (Å²) in [5.41, 5.74) is 2.17. The molecule has 0 saturated heterocycles. The quantitative estimate of drug-likeness (QED) is 0.0928. The predicted octanol–water partition coefficient (Wildman–Crippen LogP) is 10.3. The average molecular weight is 509 g/mol. The van der Waals surface area contributed by atoms with Gasteiger partial charge in [0.2, 0.25) is 5.75 Å². The van der Waals surface area contributed by atoms with E-state index in [-0.39, 0.29) is 5.75 Å². The monoisotopic (exact) mass is 508 g/mol. The van der Waals surface area contributed by atoms with Crippen LogP contribution in [0.25, 0.3) is 0 Å². The molecule has 0 bridgehead atoms. The summed E-state index contributed by atoms with van der Waals surface area (Å²) >= 11 is 0. The van der Waals surface area contributed by atoms with E-state index in [0.29, 0.717) is 24.0 Å². The lowest BCUT2D eigenvalue weighted by atomic mass is 9.88. The van der Waals surface area contributed by atoms with Crippen LogP contribution in [0.1, 0.15) is 153 Å². The van der Waals surface area contributed by atoms with Gasteiger partial charge in [-0.1, -0.05) is 117 Å². The minimum absolute atomic E-state index is 0.309. The Morgan fingerprint density at radius 1 is 0.611 bits per heavy atom. The first-order valence-corrected chi connectivity index (χ1v) is 14.9. The van der Waals surface area contributed by atoms with Gasteiger partial charge in [-0.3, -0.25) is 0 Å². The first kappa shape index (κ1) is 32.2. The number of benzene rings is 1. The highest BCUT2D eigenvalue weighted by molar-refractivity contribution is 5.65. The minimum Gasteiger partial charge on any atom is -0.504 e. The lowest BCUT2D eigenvalue weighted by Crippen LogP contribution is -2.11. The molecule has 0 amide bonds. The van der Waals surface area contributed by atoms with Crippen molar-refractivity contribution in [2.24, 2.45) is 0 Å². The zero-order chi connectivity index (χ0) is 26.6. The Morgan fingerprint density at radius 3 is 1.39 bits per heavy atom. The number of phenols is 1. The van der Waals surface area contributed by atoms with E-state index in [0.717, 1.165) is 63.4 Å². The Hall–Kier alpha value is -1.78. The second-order valence-corrected chi connectivity index (χ2v) is 10.3. The fourth-order valence-corrected chi connectivity index (χ4v) is 5.09. The Balaban J connectivity index is 3.13. The summed E-state index contributed by atoms with van der Waals surface area (Å²) in [6.07, 6.45) is 20.5. The zero-order valence-electron chi connectivity index (χ0n) is 23.4. The molecule has 0 saturated carbocycles. The molecule has 208 valence electrons. The average Bonchev–Trinajstić information content (AvgIpc) is 2.85. The summed E-state index contributed by atoms with van der Waals surface area (Å²) in [6.45, 7) is 6.59. The third-order valence-electron chi connectivity index (χ3n) is 7.22. The second-order valence-electron chi connectivity index (χ2n) is 10.3. The SMILES string of the molecule is CCCCCCCCc1c(O)c(OC(=O)O)c(F)c(CCCCCCCC)c1CCCCCCCC. The number of halogens is 1.